The van der Waals surface area contributed by atoms with Crippen LogP contribution < -0.4 is 5.32 Å². The first-order valence-electron chi connectivity index (χ1n) is 8.79. The Balaban J connectivity index is 1.75. The predicted molar refractivity (Wildman–Crippen MR) is 109 cm³/mol. The molecule has 2 aromatic heterocycles. The number of amides is 1. The van der Waals surface area contributed by atoms with Crippen molar-refractivity contribution in [2.45, 2.75) is 6.54 Å². The number of hydrogen-bond acceptors (Lipinski definition) is 6. The smallest absolute Gasteiger partial charge is 0.341 e. The van der Waals surface area contributed by atoms with E-state index >= 15 is 0 Å². The van der Waals surface area contributed by atoms with Crippen molar-refractivity contribution in [3.8, 4) is 11.1 Å². The summed E-state index contributed by atoms with van der Waals surface area (Å²) in [5, 5.41) is 9.05. The van der Waals surface area contributed by atoms with Gasteiger partial charge in [0, 0.05) is 36.3 Å². The monoisotopic (exact) mass is 416 g/mol. The molecule has 0 aliphatic rings. The van der Waals surface area contributed by atoms with Crippen LogP contribution in [0.15, 0.2) is 42.0 Å². The molecule has 1 amide bonds. The molecule has 0 aliphatic heterocycles. The molecule has 9 heteroatoms. The van der Waals surface area contributed by atoms with Gasteiger partial charge in [-0.15, -0.1) is 11.3 Å². The number of halogens is 1. The minimum atomic E-state index is -0.565. The van der Waals surface area contributed by atoms with E-state index in [-0.39, 0.29) is 23.8 Å². The Morgan fingerprint density at radius 2 is 2.03 bits per heavy atom. The molecule has 3 rings (SSSR count). The summed E-state index contributed by atoms with van der Waals surface area (Å²) in [6.45, 7) is 0.704. The molecule has 1 aromatic carbocycles. The second-order valence-corrected chi connectivity index (χ2v) is 7.47. The molecular formula is C20H21FN4O3S. The van der Waals surface area contributed by atoms with Gasteiger partial charge in [-0.3, -0.25) is 14.4 Å². The van der Waals surface area contributed by atoms with E-state index in [1.807, 2.05) is 25.2 Å². The topological polar surface area (TPSA) is 76.5 Å². The molecule has 3 aromatic rings. The van der Waals surface area contributed by atoms with Crippen LogP contribution in [0.2, 0.25) is 0 Å². The van der Waals surface area contributed by atoms with E-state index in [9.17, 15) is 14.0 Å². The van der Waals surface area contributed by atoms with E-state index in [1.165, 1.54) is 30.6 Å². The quantitative estimate of drug-likeness (QED) is 0.599. The molecular weight excluding hydrogens is 395 g/mol. The van der Waals surface area contributed by atoms with Crippen LogP contribution in [0.25, 0.3) is 11.1 Å². The number of carbonyl (C=O) groups excluding carboxylic acids is 2. The summed E-state index contributed by atoms with van der Waals surface area (Å²) in [4.78, 5) is 26.7. The van der Waals surface area contributed by atoms with E-state index in [0.717, 1.165) is 5.56 Å². The van der Waals surface area contributed by atoms with Crippen molar-refractivity contribution >= 4 is 28.2 Å². The number of anilines is 1. The van der Waals surface area contributed by atoms with Gasteiger partial charge >= 0.3 is 5.97 Å². The largest absolute Gasteiger partial charge is 0.465 e. The fraction of sp³-hybridized carbons (Fsp3) is 0.250. The maximum atomic E-state index is 13.2. The lowest BCUT2D eigenvalue weighted by molar-refractivity contribution is -0.117. The van der Waals surface area contributed by atoms with Gasteiger partial charge in [0.05, 0.1) is 19.9 Å². The Morgan fingerprint density at radius 3 is 2.66 bits per heavy atom. The Kier molecular flexibility index (Phi) is 6.40. The van der Waals surface area contributed by atoms with E-state index in [2.05, 4.69) is 10.4 Å². The molecule has 2 heterocycles. The number of carbonyl (C=O) groups is 2. The van der Waals surface area contributed by atoms with Crippen LogP contribution in [0.3, 0.4) is 0 Å². The van der Waals surface area contributed by atoms with Gasteiger partial charge in [-0.05, 0) is 24.7 Å². The van der Waals surface area contributed by atoms with Gasteiger partial charge in [0.15, 0.2) is 0 Å². The zero-order chi connectivity index (χ0) is 21.0. The van der Waals surface area contributed by atoms with Crippen molar-refractivity contribution in [3.63, 3.8) is 0 Å². The third-order valence-electron chi connectivity index (χ3n) is 4.21. The van der Waals surface area contributed by atoms with E-state index in [0.29, 0.717) is 22.7 Å². The molecule has 0 radical (unpaired) electrons. The standard InChI is InChI=1S/C20H21FN4O3S/c1-24(9-13-8-22-25(2)10-13)11-17(26)23-19-18(20(27)28-3)16(12-29-19)14-4-6-15(21)7-5-14/h4-8,10,12H,9,11H2,1-3H3,(H,23,26). The third-order valence-corrected chi connectivity index (χ3v) is 5.11. The highest BCUT2D eigenvalue weighted by atomic mass is 32.1. The number of rotatable bonds is 7. The summed E-state index contributed by atoms with van der Waals surface area (Å²) < 4.78 is 19.8. The molecule has 0 bridgehead atoms. The van der Waals surface area contributed by atoms with Crippen LogP contribution in [0, 0.1) is 5.82 Å². The highest BCUT2D eigenvalue weighted by molar-refractivity contribution is 7.15. The molecule has 0 saturated heterocycles. The van der Waals surface area contributed by atoms with Crippen molar-refractivity contribution in [3.05, 3.63) is 59.0 Å². The minimum absolute atomic E-state index is 0.138. The Labute approximate surface area is 171 Å². The average Bonchev–Trinajstić information content (AvgIpc) is 3.27. The van der Waals surface area contributed by atoms with Crippen LogP contribution in [0.4, 0.5) is 9.39 Å². The van der Waals surface area contributed by atoms with Crippen molar-refractivity contribution in [1.82, 2.24) is 14.7 Å². The molecule has 1 N–H and O–H groups in total. The molecule has 0 unspecified atom stereocenters. The van der Waals surface area contributed by atoms with Gasteiger partial charge in [0.1, 0.15) is 16.4 Å². The summed E-state index contributed by atoms with van der Waals surface area (Å²) in [6, 6.07) is 5.80. The number of esters is 1. The summed E-state index contributed by atoms with van der Waals surface area (Å²) in [5.41, 5.74) is 2.50. The lowest BCUT2D eigenvalue weighted by atomic mass is 10.0. The predicted octanol–water partition coefficient (Wildman–Crippen LogP) is 3.14. The number of methoxy groups -OCH3 is 1. The van der Waals surface area contributed by atoms with Crippen molar-refractivity contribution in [1.29, 1.82) is 0 Å². The molecule has 152 valence electrons. The fourth-order valence-corrected chi connectivity index (χ4v) is 3.90. The summed E-state index contributed by atoms with van der Waals surface area (Å²) in [5.74, 6) is -1.19. The number of benzene rings is 1. The maximum Gasteiger partial charge on any atom is 0.341 e. The highest BCUT2D eigenvalue weighted by Crippen LogP contribution is 2.36. The number of aryl methyl sites for hydroxylation is 1. The summed E-state index contributed by atoms with van der Waals surface area (Å²) in [7, 11) is 4.94. The molecule has 0 atom stereocenters. The van der Waals surface area contributed by atoms with Gasteiger partial charge in [0.25, 0.3) is 0 Å². The third kappa shape index (κ3) is 5.07. The average molecular weight is 416 g/mol. The zero-order valence-corrected chi connectivity index (χ0v) is 17.1. The van der Waals surface area contributed by atoms with Crippen molar-refractivity contribution in [2.75, 3.05) is 26.0 Å². The zero-order valence-electron chi connectivity index (χ0n) is 16.3. The van der Waals surface area contributed by atoms with Gasteiger partial charge in [-0.2, -0.15) is 5.10 Å². The van der Waals surface area contributed by atoms with E-state index in [1.54, 1.807) is 28.4 Å². The van der Waals surface area contributed by atoms with Crippen molar-refractivity contribution < 1.29 is 18.7 Å². The number of nitrogens with zero attached hydrogens (tertiary/aromatic N) is 3. The van der Waals surface area contributed by atoms with Crippen molar-refractivity contribution in [2.24, 2.45) is 7.05 Å². The second-order valence-electron chi connectivity index (χ2n) is 6.59. The van der Waals surface area contributed by atoms with E-state index in [4.69, 9.17) is 4.74 Å². The van der Waals surface area contributed by atoms with Gasteiger partial charge in [-0.25, -0.2) is 9.18 Å². The SMILES string of the molecule is COC(=O)c1c(-c2ccc(F)cc2)csc1NC(=O)CN(C)Cc1cnn(C)c1. The molecule has 0 aliphatic carbocycles. The van der Waals surface area contributed by atoms with Crippen LogP contribution >= 0.6 is 11.3 Å². The number of thiophene rings is 1. The lowest BCUT2D eigenvalue weighted by Gasteiger charge is -2.15. The number of nitrogens with one attached hydrogen (secondary N) is 1. The first kappa shape index (κ1) is 20.7. The molecule has 29 heavy (non-hydrogen) atoms. The number of likely N-dealkylation sites (N-methyl/N-ethyl adjacent to an activating group) is 1. The first-order chi connectivity index (χ1) is 13.9. The molecule has 7 nitrogen and oxygen atoms in total. The van der Waals surface area contributed by atoms with Crippen LogP contribution in [-0.2, 0) is 23.1 Å². The van der Waals surface area contributed by atoms with Gasteiger partial charge in [0.2, 0.25) is 5.91 Å². The lowest BCUT2D eigenvalue weighted by Crippen LogP contribution is -2.30. The second kappa shape index (κ2) is 8.97. The number of ether oxygens (including phenoxy) is 1. The van der Waals surface area contributed by atoms with Crippen LogP contribution in [0.5, 0.6) is 0 Å². The highest BCUT2D eigenvalue weighted by Gasteiger charge is 2.22. The van der Waals surface area contributed by atoms with Gasteiger partial charge < -0.3 is 10.1 Å². The number of hydrogen-bond donors (Lipinski definition) is 1. The minimum Gasteiger partial charge on any atom is -0.465 e. The Hall–Kier alpha value is -3.04. The summed E-state index contributed by atoms with van der Waals surface area (Å²) in [6.07, 6.45) is 3.63. The van der Waals surface area contributed by atoms with Crippen LogP contribution in [0.1, 0.15) is 15.9 Å². The summed E-state index contributed by atoms with van der Waals surface area (Å²) >= 11 is 1.22. The molecule has 0 fully saturated rings. The fourth-order valence-electron chi connectivity index (χ4n) is 2.93. The van der Waals surface area contributed by atoms with Gasteiger partial charge in [-0.1, -0.05) is 12.1 Å². The Morgan fingerprint density at radius 1 is 1.31 bits per heavy atom. The molecule has 0 saturated carbocycles. The first-order valence-corrected chi connectivity index (χ1v) is 9.67. The van der Waals surface area contributed by atoms with E-state index < -0.39 is 5.97 Å². The Bertz CT molecular complexity index is 1010. The molecule has 0 spiro atoms. The van der Waals surface area contributed by atoms with Crippen LogP contribution in [-0.4, -0.2) is 47.3 Å². The normalized spacial score (nSPS) is 10.9. The maximum absolute atomic E-state index is 13.2. The number of aromatic nitrogens is 2.